The van der Waals surface area contributed by atoms with E-state index >= 15 is 0 Å². The number of rotatable bonds is 4. The molecule has 0 aliphatic heterocycles. The van der Waals surface area contributed by atoms with Crippen LogP contribution in [0.25, 0.3) is 11.7 Å². The lowest BCUT2D eigenvalue weighted by molar-refractivity contribution is 0.299. The monoisotopic (exact) mass is 307 g/mol. The quantitative estimate of drug-likeness (QED) is 0.706. The smallest absolute Gasteiger partial charge is 0.263 e. The van der Waals surface area contributed by atoms with Crippen molar-refractivity contribution in [2.45, 2.75) is 13.5 Å². The first kappa shape index (κ1) is 13.7. The van der Waals surface area contributed by atoms with Gasteiger partial charge in [0.05, 0.1) is 11.3 Å². The topological polar surface area (TPSA) is 48.4 Å². The summed E-state index contributed by atoms with van der Waals surface area (Å²) < 4.78 is 29.3. The zero-order chi connectivity index (χ0) is 14.8. The van der Waals surface area contributed by atoms with Crippen LogP contribution in [-0.2, 0) is 6.61 Å². The fraction of sp³-hybridized carbons (Fsp3) is 0.133. The predicted octanol–water partition coefficient (Wildman–Crippen LogP) is 4.61. The Morgan fingerprint density at radius 3 is 2.90 bits per heavy atom. The Kier molecular flexibility index (Phi) is 3.66. The summed E-state index contributed by atoms with van der Waals surface area (Å²) in [6.07, 6.45) is 1.55. The molecule has 0 atom stereocenters. The number of furan rings is 1. The molecule has 108 valence electrons. The van der Waals surface area contributed by atoms with Crippen molar-refractivity contribution in [2.24, 2.45) is 0 Å². The van der Waals surface area contributed by atoms with E-state index in [0.29, 0.717) is 28.9 Å². The van der Waals surface area contributed by atoms with E-state index in [2.05, 4.69) is 4.98 Å². The Bertz CT molecular complexity index is 752. The zero-order valence-corrected chi connectivity index (χ0v) is 11.9. The maximum Gasteiger partial charge on any atom is 0.263 e. The molecule has 0 aliphatic rings. The van der Waals surface area contributed by atoms with Crippen LogP contribution in [-0.4, -0.2) is 4.98 Å². The molecule has 3 rings (SSSR count). The normalized spacial score (nSPS) is 10.8. The minimum Gasteiger partial charge on any atom is -0.487 e. The van der Waals surface area contributed by atoms with Crippen molar-refractivity contribution in [3.05, 3.63) is 58.9 Å². The molecule has 3 aromatic rings. The van der Waals surface area contributed by atoms with Crippen molar-refractivity contribution in [3.63, 3.8) is 0 Å². The van der Waals surface area contributed by atoms with E-state index in [9.17, 15) is 4.39 Å². The van der Waals surface area contributed by atoms with Gasteiger partial charge in [0.25, 0.3) is 5.89 Å². The third kappa shape index (κ3) is 2.92. The number of benzene rings is 1. The largest absolute Gasteiger partial charge is 0.487 e. The van der Waals surface area contributed by atoms with Gasteiger partial charge < -0.3 is 13.6 Å². The number of ether oxygens (including phenoxy) is 1. The summed E-state index contributed by atoms with van der Waals surface area (Å²) in [6.45, 7) is 1.98. The molecule has 0 aliphatic carbocycles. The van der Waals surface area contributed by atoms with Gasteiger partial charge in [-0.3, -0.25) is 0 Å². The number of halogens is 2. The van der Waals surface area contributed by atoms with E-state index in [1.54, 1.807) is 25.3 Å². The number of hydrogen-bond acceptors (Lipinski definition) is 4. The number of nitrogens with zero attached hydrogens (tertiary/aromatic N) is 1. The Hall–Kier alpha value is -2.27. The lowest BCUT2D eigenvalue weighted by Crippen LogP contribution is -1.97. The molecule has 1 aromatic carbocycles. The Labute approximate surface area is 125 Å². The number of aromatic nitrogens is 1. The summed E-state index contributed by atoms with van der Waals surface area (Å²) in [7, 11) is 0. The van der Waals surface area contributed by atoms with E-state index in [1.807, 2.05) is 0 Å². The second-order valence-electron chi connectivity index (χ2n) is 4.36. The highest BCUT2D eigenvalue weighted by Gasteiger charge is 2.14. The first-order valence-electron chi connectivity index (χ1n) is 6.21. The minimum absolute atomic E-state index is 0.0145. The highest BCUT2D eigenvalue weighted by atomic mass is 35.5. The molecule has 0 unspecified atom stereocenters. The van der Waals surface area contributed by atoms with E-state index < -0.39 is 5.82 Å². The molecule has 0 N–H and O–H groups in total. The first-order chi connectivity index (χ1) is 10.1. The lowest BCUT2D eigenvalue weighted by Gasteiger charge is -2.05. The predicted molar refractivity (Wildman–Crippen MR) is 74.7 cm³/mol. The van der Waals surface area contributed by atoms with Crippen LogP contribution in [0.15, 0.2) is 45.4 Å². The summed E-state index contributed by atoms with van der Waals surface area (Å²) in [5.74, 6) is 1.56. The van der Waals surface area contributed by atoms with Crippen LogP contribution in [0.4, 0.5) is 4.39 Å². The number of hydrogen-bond donors (Lipinski definition) is 0. The molecular formula is C15H11ClFNO3. The van der Waals surface area contributed by atoms with Crippen LogP contribution < -0.4 is 4.74 Å². The summed E-state index contributed by atoms with van der Waals surface area (Å²) in [6, 6.07) is 7.69. The average Bonchev–Trinajstić information content (AvgIpc) is 3.10. The SMILES string of the molecule is Cc1oc(-c2ccco2)nc1COc1ccc(F)c(Cl)c1. The standard InChI is InChI=1S/C15H11ClFNO3/c1-9-13(18-15(21-9)14-3-2-6-19-14)8-20-10-4-5-12(17)11(16)7-10/h2-7H,8H2,1H3. The average molecular weight is 308 g/mol. The fourth-order valence-corrected chi connectivity index (χ4v) is 1.96. The van der Waals surface area contributed by atoms with E-state index in [4.69, 9.17) is 25.2 Å². The van der Waals surface area contributed by atoms with E-state index in [-0.39, 0.29) is 11.6 Å². The molecule has 0 spiro atoms. The maximum atomic E-state index is 13.1. The van der Waals surface area contributed by atoms with Gasteiger partial charge in [-0.25, -0.2) is 9.37 Å². The van der Waals surface area contributed by atoms with Crippen LogP contribution in [0.1, 0.15) is 11.5 Å². The van der Waals surface area contributed by atoms with Gasteiger partial charge in [0.2, 0.25) is 0 Å². The summed E-state index contributed by atoms with van der Waals surface area (Å²) in [5, 5.41) is 0.0145. The van der Waals surface area contributed by atoms with Gasteiger partial charge in [-0.15, -0.1) is 0 Å². The molecule has 0 bridgehead atoms. The van der Waals surface area contributed by atoms with Crippen LogP contribution in [0.2, 0.25) is 5.02 Å². The van der Waals surface area contributed by atoms with Crippen LogP contribution in [0, 0.1) is 12.7 Å². The Morgan fingerprint density at radius 1 is 1.33 bits per heavy atom. The van der Waals surface area contributed by atoms with Crippen LogP contribution in [0.3, 0.4) is 0 Å². The minimum atomic E-state index is -0.485. The highest BCUT2D eigenvalue weighted by Crippen LogP contribution is 2.25. The van der Waals surface area contributed by atoms with Gasteiger partial charge in [0.1, 0.15) is 29.6 Å². The van der Waals surface area contributed by atoms with Crippen molar-refractivity contribution >= 4 is 11.6 Å². The lowest BCUT2D eigenvalue weighted by atomic mass is 10.3. The fourth-order valence-electron chi connectivity index (χ4n) is 1.79. The summed E-state index contributed by atoms with van der Waals surface area (Å²) in [5.41, 5.74) is 0.641. The van der Waals surface area contributed by atoms with Gasteiger partial charge >= 0.3 is 0 Å². The zero-order valence-electron chi connectivity index (χ0n) is 11.1. The van der Waals surface area contributed by atoms with Gasteiger partial charge in [-0.2, -0.15) is 0 Å². The molecule has 2 aromatic heterocycles. The number of aryl methyl sites for hydroxylation is 1. The van der Waals surface area contributed by atoms with Crippen LogP contribution in [0.5, 0.6) is 5.75 Å². The molecule has 2 heterocycles. The van der Waals surface area contributed by atoms with Gasteiger partial charge in [-0.05, 0) is 31.2 Å². The molecule has 21 heavy (non-hydrogen) atoms. The molecule has 0 amide bonds. The molecule has 0 saturated carbocycles. The molecule has 6 heteroatoms. The third-order valence-electron chi connectivity index (χ3n) is 2.89. The third-order valence-corrected chi connectivity index (χ3v) is 3.18. The number of oxazole rings is 1. The van der Waals surface area contributed by atoms with Gasteiger partial charge in [0, 0.05) is 6.07 Å². The van der Waals surface area contributed by atoms with E-state index in [1.165, 1.54) is 18.2 Å². The second kappa shape index (κ2) is 5.61. The Morgan fingerprint density at radius 2 is 2.19 bits per heavy atom. The van der Waals surface area contributed by atoms with Crippen molar-refractivity contribution in [2.75, 3.05) is 0 Å². The van der Waals surface area contributed by atoms with Gasteiger partial charge in [-0.1, -0.05) is 11.6 Å². The molecule has 0 fully saturated rings. The van der Waals surface area contributed by atoms with Crippen molar-refractivity contribution < 1.29 is 18.0 Å². The molecule has 0 saturated heterocycles. The second-order valence-corrected chi connectivity index (χ2v) is 4.77. The molecule has 4 nitrogen and oxygen atoms in total. The van der Waals surface area contributed by atoms with Crippen molar-refractivity contribution in [3.8, 4) is 17.4 Å². The van der Waals surface area contributed by atoms with E-state index in [0.717, 1.165) is 0 Å². The summed E-state index contributed by atoms with van der Waals surface area (Å²) >= 11 is 5.70. The molecule has 0 radical (unpaired) electrons. The highest BCUT2D eigenvalue weighted by molar-refractivity contribution is 6.30. The van der Waals surface area contributed by atoms with Crippen molar-refractivity contribution in [1.82, 2.24) is 4.98 Å². The first-order valence-corrected chi connectivity index (χ1v) is 6.59. The van der Waals surface area contributed by atoms with Gasteiger partial charge in [0.15, 0.2) is 5.76 Å². The van der Waals surface area contributed by atoms with Crippen LogP contribution >= 0.6 is 11.6 Å². The van der Waals surface area contributed by atoms with Crippen molar-refractivity contribution in [1.29, 1.82) is 0 Å². The Balaban J connectivity index is 1.74. The maximum absolute atomic E-state index is 13.1. The summed E-state index contributed by atoms with van der Waals surface area (Å²) in [4.78, 5) is 4.31. The molecular weight excluding hydrogens is 297 g/mol.